The minimum absolute atomic E-state index is 0.636. The molecular formula is C14H15BrN2O. The zero-order valence-corrected chi connectivity index (χ0v) is 12.0. The largest absolute Gasteiger partial charge is 0.481 e. The van der Waals surface area contributed by atoms with Gasteiger partial charge < -0.3 is 10.1 Å². The molecule has 0 saturated carbocycles. The third-order valence-corrected chi connectivity index (χ3v) is 3.00. The first-order valence-corrected chi connectivity index (χ1v) is 6.46. The molecule has 2 rings (SSSR count). The first kappa shape index (κ1) is 12.9. The van der Waals surface area contributed by atoms with E-state index >= 15 is 0 Å². The number of hydrogen-bond donors (Lipinski definition) is 1. The first-order valence-electron chi connectivity index (χ1n) is 5.67. The highest BCUT2D eigenvalue weighted by Gasteiger charge is 1.98. The molecule has 1 aromatic heterocycles. The van der Waals surface area contributed by atoms with Crippen LogP contribution in [-0.2, 0) is 6.54 Å². The van der Waals surface area contributed by atoms with Gasteiger partial charge in [-0.15, -0.1) is 0 Å². The van der Waals surface area contributed by atoms with Crippen LogP contribution in [0.3, 0.4) is 0 Å². The number of anilines is 1. The van der Waals surface area contributed by atoms with E-state index in [4.69, 9.17) is 4.74 Å². The van der Waals surface area contributed by atoms with Gasteiger partial charge in [-0.2, -0.15) is 0 Å². The summed E-state index contributed by atoms with van der Waals surface area (Å²) in [5.74, 6) is 0.636. The van der Waals surface area contributed by atoms with Gasteiger partial charge >= 0.3 is 0 Å². The van der Waals surface area contributed by atoms with Crippen molar-refractivity contribution in [2.75, 3.05) is 12.4 Å². The fourth-order valence-corrected chi connectivity index (χ4v) is 2.29. The summed E-state index contributed by atoms with van der Waals surface area (Å²) in [6.07, 6.45) is 1.82. The lowest BCUT2D eigenvalue weighted by atomic mass is 10.2. The topological polar surface area (TPSA) is 34.1 Å². The lowest BCUT2D eigenvalue weighted by Crippen LogP contribution is -2.00. The molecule has 1 N–H and O–H groups in total. The van der Waals surface area contributed by atoms with Gasteiger partial charge in [-0.05, 0) is 36.2 Å². The molecule has 0 fully saturated rings. The Morgan fingerprint density at radius 3 is 2.72 bits per heavy atom. The third-order valence-electron chi connectivity index (χ3n) is 2.55. The minimum Gasteiger partial charge on any atom is -0.481 e. The van der Waals surface area contributed by atoms with E-state index in [0.29, 0.717) is 5.88 Å². The number of nitrogens with zero attached hydrogens (tertiary/aromatic N) is 1. The summed E-state index contributed by atoms with van der Waals surface area (Å²) in [6, 6.07) is 10.1. The third kappa shape index (κ3) is 3.47. The summed E-state index contributed by atoms with van der Waals surface area (Å²) >= 11 is 3.49. The highest BCUT2D eigenvalue weighted by atomic mass is 79.9. The summed E-state index contributed by atoms with van der Waals surface area (Å²) in [5.41, 5.74) is 3.44. The van der Waals surface area contributed by atoms with Crippen LogP contribution in [0.4, 0.5) is 5.69 Å². The van der Waals surface area contributed by atoms with Crippen molar-refractivity contribution < 1.29 is 4.74 Å². The zero-order chi connectivity index (χ0) is 13.0. The molecule has 0 spiro atoms. The van der Waals surface area contributed by atoms with Gasteiger partial charge in [-0.1, -0.05) is 22.0 Å². The fraction of sp³-hybridized carbons (Fsp3) is 0.214. The van der Waals surface area contributed by atoms with E-state index in [0.717, 1.165) is 22.3 Å². The van der Waals surface area contributed by atoms with Crippen LogP contribution in [0.25, 0.3) is 0 Å². The van der Waals surface area contributed by atoms with Crippen LogP contribution in [0.15, 0.2) is 41.0 Å². The second-order valence-electron chi connectivity index (χ2n) is 4.08. The maximum absolute atomic E-state index is 5.03. The van der Waals surface area contributed by atoms with E-state index in [9.17, 15) is 0 Å². The Morgan fingerprint density at radius 1 is 1.28 bits per heavy atom. The summed E-state index contributed by atoms with van der Waals surface area (Å²) in [5, 5.41) is 3.37. The summed E-state index contributed by atoms with van der Waals surface area (Å²) < 4.78 is 6.11. The van der Waals surface area contributed by atoms with Gasteiger partial charge in [0.05, 0.1) is 7.11 Å². The normalized spacial score (nSPS) is 10.2. The molecule has 94 valence electrons. The molecule has 3 nitrogen and oxygen atoms in total. The number of benzene rings is 1. The molecule has 0 amide bonds. The maximum atomic E-state index is 5.03. The Kier molecular flexibility index (Phi) is 4.20. The summed E-state index contributed by atoms with van der Waals surface area (Å²) in [4.78, 5) is 4.17. The molecule has 0 aliphatic carbocycles. The average Bonchev–Trinajstić information content (AvgIpc) is 2.36. The quantitative estimate of drug-likeness (QED) is 0.933. The Morgan fingerprint density at radius 2 is 2.11 bits per heavy atom. The second kappa shape index (κ2) is 5.87. The number of aromatic nitrogens is 1. The van der Waals surface area contributed by atoms with Crippen LogP contribution in [-0.4, -0.2) is 12.1 Å². The maximum Gasteiger partial charge on any atom is 0.212 e. The van der Waals surface area contributed by atoms with Crippen molar-refractivity contribution in [3.8, 4) is 5.88 Å². The van der Waals surface area contributed by atoms with Gasteiger partial charge in [0.1, 0.15) is 0 Å². The number of rotatable bonds is 4. The molecule has 0 aliphatic rings. The Labute approximate surface area is 115 Å². The van der Waals surface area contributed by atoms with Crippen molar-refractivity contribution in [2.45, 2.75) is 13.5 Å². The van der Waals surface area contributed by atoms with Gasteiger partial charge in [0.15, 0.2) is 0 Å². The average molecular weight is 307 g/mol. The zero-order valence-electron chi connectivity index (χ0n) is 10.4. The molecule has 0 unspecified atom stereocenters. The standard InChI is InChI=1S/C14H15BrN2O/c1-10-5-12(15)7-13(6-10)16-8-11-3-4-14(18-2)17-9-11/h3-7,9,16H,8H2,1-2H3. The molecule has 18 heavy (non-hydrogen) atoms. The number of pyridine rings is 1. The van der Waals surface area contributed by atoms with E-state index < -0.39 is 0 Å². The van der Waals surface area contributed by atoms with Crippen molar-refractivity contribution in [3.63, 3.8) is 0 Å². The van der Waals surface area contributed by atoms with Crippen LogP contribution in [0, 0.1) is 6.92 Å². The first-order chi connectivity index (χ1) is 8.67. The molecule has 0 aliphatic heterocycles. The molecule has 0 radical (unpaired) electrons. The van der Waals surface area contributed by atoms with Crippen molar-refractivity contribution in [1.82, 2.24) is 4.98 Å². The lowest BCUT2D eigenvalue weighted by molar-refractivity contribution is 0.397. The van der Waals surface area contributed by atoms with Crippen LogP contribution in [0.2, 0.25) is 0 Å². The number of hydrogen-bond acceptors (Lipinski definition) is 3. The monoisotopic (exact) mass is 306 g/mol. The van der Waals surface area contributed by atoms with Gasteiger partial charge in [-0.25, -0.2) is 4.98 Å². The Bertz CT molecular complexity index is 506. The van der Waals surface area contributed by atoms with E-state index in [1.54, 1.807) is 7.11 Å². The minimum atomic E-state index is 0.636. The predicted molar refractivity (Wildman–Crippen MR) is 77.0 cm³/mol. The Balaban J connectivity index is 2.01. The van der Waals surface area contributed by atoms with Gasteiger partial charge in [0.2, 0.25) is 5.88 Å². The summed E-state index contributed by atoms with van der Waals surface area (Å²) in [7, 11) is 1.62. The highest BCUT2D eigenvalue weighted by Crippen LogP contribution is 2.19. The highest BCUT2D eigenvalue weighted by molar-refractivity contribution is 9.10. The lowest BCUT2D eigenvalue weighted by Gasteiger charge is -2.08. The van der Waals surface area contributed by atoms with Crippen LogP contribution < -0.4 is 10.1 Å². The number of nitrogens with one attached hydrogen (secondary N) is 1. The van der Waals surface area contributed by atoms with Crippen molar-refractivity contribution in [2.24, 2.45) is 0 Å². The van der Waals surface area contributed by atoms with E-state index in [-0.39, 0.29) is 0 Å². The molecular weight excluding hydrogens is 292 g/mol. The predicted octanol–water partition coefficient (Wildman–Crippen LogP) is 3.77. The smallest absolute Gasteiger partial charge is 0.212 e. The SMILES string of the molecule is COc1ccc(CNc2cc(C)cc(Br)c2)cn1. The van der Waals surface area contributed by atoms with Crippen LogP contribution >= 0.6 is 15.9 Å². The second-order valence-corrected chi connectivity index (χ2v) is 5.00. The van der Waals surface area contributed by atoms with Crippen LogP contribution in [0.1, 0.15) is 11.1 Å². The molecule has 2 aromatic rings. The molecule has 1 aromatic carbocycles. The van der Waals surface area contributed by atoms with E-state index in [1.807, 2.05) is 18.3 Å². The molecule has 0 saturated heterocycles. The van der Waals surface area contributed by atoms with E-state index in [2.05, 4.69) is 51.4 Å². The number of ether oxygens (including phenoxy) is 1. The number of halogens is 1. The van der Waals surface area contributed by atoms with Gasteiger partial charge in [0, 0.05) is 29.0 Å². The Hall–Kier alpha value is -1.55. The number of methoxy groups -OCH3 is 1. The fourth-order valence-electron chi connectivity index (χ4n) is 1.68. The van der Waals surface area contributed by atoms with Gasteiger partial charge in [0.25, 0.3) is 0 Å². The van der Waals surface area contributed by atoms with Gasteiger partial charge in [-0.3, -0.25) is 0 Å². The molecule has 1 heterocycles. The molecule has 4 heteroatoms. The summed E-state index contributed by atoms with van der Waals surface area (Å²) in [6.45, 7) is 2.82. The van der Waals surface area contributed by atoms with Crippen molar-refractivity contribution in [3.05, 3.63) is 52.1 Å². The van der Waals surface area contributed by atoms with Crippen molar-refractivity contribution in [1.29, 1.82) is 0 Å². The van der Waals surface area contributed by atoms with Crippen LogP contribution in [0.5, 0.6) is 5.88 Å². The van der Waals surface area contributed by atoms with E-state index in [1.165, 1.54) is 5.56 Å². The number of aryl methyl sites for hydroxylation is 1. The van der Waals surface area contributed by atoms with Crippen molar-refractivity contribution >= 4 is 21.6 Å². The molecule has 0 atom stereocenters. The molecule has 0 bridgehead atoms.